The van der Waals surface area contributed by atoms with Crippen LogP contribution in [0, 0.1) is 46.3 Å². The highest BCUT2D eigenvalue weighted by Crippen LogP contribution is 2.62. The molecule has 0 N–H and O–H groups in total. The second kappa shape index (κ2) is 11.4. The minimum Gasteiger partial charge on any atom is -0.309 e. The molecule has 4 fully saturated rings. The molecule has 6 aromatic carbocycles. The Morgan fingerprint density at radius 3 is 1.48 bits per heavy atom. The van der Waals surface area contributed by atoms with E-state index >= 15 is 0 Å². The quantitative estimate of drug-likeness (QED) is 0.176. The highest BCUT2D eigenvalue weighted by Gasteiger charge is 2.47. The minimum atomic E-state index is 0.466. The maximum absolute atomic E-state index is 11.1. The molecule has 0 amide bonds. The van der Waals surface area contributed by atoms with Gasteiger partial charge in [-0.1, -0.05) is 54.6 Å². The molecule has 8 aliphatic rings. The van der Waals surface area contributed by atoms with Crippen molar-refractivity contribution in [2.45, 2.75) is 87.9 Å². The summed E-state index contributed by atoms with van der Waals surface area (Å²) in [6.45, 7) is 0. The number of aromatic nitrogens is 2. The lowest BCUT2D eigenvalue weighted by Crippen LogP contribution is -2.25. The number of fused-ring (bicyclic) bond motifs is 9. The van der Waals surface area contributed by atoms with Gasteiger partial charge in [0.2, 0.25) is 0 Å². The SMILES string of the molecule is N#Cc1cc2c(c3c1C1CC4CC(C1)CC3C4)c1cc(-c3cccc4c5ccccc5n(-c5ccccc5)c34)cc3c4c5c(c(C#N)cc4n2c13)C1CC2CC(C1)CC5C2. The second-order valence-electron chi connectivity index (χ2n) is 20.3. The molecule has 9 aromatic rings. The van der Waals surface area contributed by atoms with Crippen LogP contribution in [0.1, 0.15) is 121 Å². The first kappa shape index (κ1) is 32.7. The van der Waals surface area contributed by atoms with Crippen molar-refractivity contribution < 1.29 is 0 Å². The molecule has 4 heteroatoms. The number of hydrogen-bond donors (Lipinski definition) is 0. The Labute approximate surface area is 349 Å². The Hall–Kier alpha value is -6.10. The molecule has 3 aromatic heterocycles. The van der Waals surface area contributed by atoms with Crippen LogP contribution in [0.5, 0.6) is 0 Å². The highest BCUT2D eigenvalue weighted by atomic mass is 15.0. The summed E-state index contributed by atoms with van der Waals surface area (Å²) >= 11 is 0. The van der Waals surface area contributed by atoms with Crippen LogP contribution >= 0.6 is 0 Å². The third-order valence-corrected chi connectivity index (χ3v) is 17.3. The lowest BCUT2D eigenvalue weighted by atomic mass is 9.67. The van der Waals surface area contributed by atoms with Gasteiger partial charge in [-0.05, 0) is 182 Å². The highest BCUT2D eigenvalue weighted by molar-refractivity contribution is 6.27. The fourth-order valence-electron chi connectivity index (χ4n) is 15.8. The van der Waals surface area contributed by atoms with Crippen LogP contribution in [-0.2, 0) is 0 Å². The van der Waals surface area contributed by atoms with Gasteiger partial charge in [-0.2, -0.15) is 10.5 Å². The molecule has 17 rings (SSSR count). The molecule has 288 valence electrons. The van der Waals surface area contributed by atoms with E-state index in [1.54, 1.807) is 0 Å². The average molecular weight is 773 g/mol. The van der Waals surface area contributed by atoms with Crippen molar-refractivity contribution in [1.82, 2.24) is 8.97 Å². The average Bonchev–Trinajstić information content (AvgIpc) is 3.81. The molecule has 4 nitrogen and oxygen atoms in total. The van der Waals surface area contributed by atoms with E-state index in [2.05, 4.69) is 118 Å². The number of para-hydroxylation sites is 3. The molecule has 4 atom stereocenters. The largest absolute Gasteiger partial charge is 0.309 e. The molecule has 0 saturated heterocycles. The van der Waals surface area contributed by atoms with E-state index in [9.17, 15) is 10.5 Å². The van der Waals surface area contributed by atoms with E-state index in [0.29, 0.717) is 23.7 Å². The van der Waals surface area contributed by atoms with Crippen molar-refractivity contribution in [2.75, 3.05) is 0 Å². The number of nitriles is 2. The van der Waals surface area contributed by atoms with Crippen molar-refractivity contribution in [3.63, 3.8) is 0 Å². The zero-order chi connectivity index (χ0) is 39.1. The lowest BCUT2D eigenvalue weighted by Gasteiger charge is -2.38. The van der Waals surface area contributed by atoms with Gasteiger partial charge in [0.15, 0.2) is 0 Å². The molecule has 4 unspecified atom stereocenters. The minimum absolute atomic E-state index is 0.466. The van der Waals surface area contributed by atoms with Crippen molar-refractivity contribution in [1.29, 1.82) is 10.5 Å². The smallest absolute Gasteiger partial charge is 0.0995 e. The van der Waals surface area contributed by atoms with Crippen LogP contribution in [0.15, 0.2) is 97.1 Å². The van der Waals surface area contributed by atoms with Crippen LogP contribution in [0.3, 0.4) is 0 Å². The number of hydrogen-bond acceptors (Lipinski definition) is 2. The first-order valence-corrected chi connectivity index (χ1v) is 22.9. The molecular weight excluding hydrogens is 729 g/mol. The maximum atomic E-state index is 11.1. The van der Waals surface area contributed by atoms with Gasteiger partial charge >= 0.3 is 0 Å². The fraction of sp³-hybridized carbons (Fsp3) is 0.321. The summed E-state index contributed by atoms with van der Waals surface area (Å²) < 4.78 is 5.04. The van der Waals surface area contributed by atoms with E-state index in [1.165, 1.54) is 163 Å². The summed E-state index contributed by atoms with van der Waals surface area (Å²) in [6, 6.07) is 42.0. The maximum Gasteiger partial charge on any atom is 0.0995 e. The fourth-order valence-corrected chi connectivity index (χ4v) is 15.8. The van der Waals surface area contributed by atoms with Crippen molar-refractivity contribution in [3.8, 4) is 29.0 Å². The molecule has 8 bridgehead atoms. The first-order valence-electron chi connectivity index (χ1n) is 22.9. The van der Waals surface area contributed by atoms with E-state index in [-0.39, 0.29) is 0 Å². The zero-order valence-electron chi connectivity index (χ0n) is 33.7. The van der Waals surface area contributed by atoms with E-state index in [1.807, 2.05) is 0 Å². The Morgan fingerprint density at radius 1 is 0.433 bits per heavy atom. The Balaban J connectivity index is 1.14. The molecule has 0 aliphatic heterocycles. The van der Waals surface area contributed by atoms with Gasteiger partial charge in [0.05, 0.1) is 50.8 Å². The summed E-state index contributed by atoms with van der Waals surface area (Å²) in [6.07, 6.45) is 12.6. The Bertz CT molecular complexity index is 3300. The monoisotopic (exact) mass is 772 g/mol. The number of nitrogens with zero attached hydrogens (tertiary/aromatic N) is 4. The predicted octanol–water partition coefficient (Wildman–Crippen LogP) is 14.1. The van der Waals surface area contributed by atoms with E-state index in [0.717, 1.165) is 34.8 Å². The molecule has 60 heavy (non-hydrogen) atoms. The summed E-state index contributed by atoms with van der Waals surface area (Å²) in [5.74, 6) is 4.92. The number of rotatable bonds is 2. The summed E-state index contributed by atoms with van der Waals surface area (Å²) in [7, 11) is 0. The molecule has 0 radical (unpaired) electrons. The molecular formula is C56H44N4. The molecule has 4 saturated carbocycles. The van der Waals surface area contributed by atoms with E-state index in [4.69, 9.17) is 0 Å². The van der Waals surface area contributed by atoms with Crippen LogP contribution < -0.4 is 0 Å². The third-order valence-electron chi connectivity index (χ3n) is 17.3. The van der Waals surface area contributed by atoms with Crippen molar-refractivity contribution >= 4 is 59.9 Å². The summed E-state index contributed by atoms with van der Waals surface area (Å²) in [5, 5.41) is 30.1. The van der Waals surface area contributed by atoms with Gasteiger partial charge in [-0.25, -0.2) is 0 Å². The normalized spacial score (nSPS) is 27.3. The summed E-state index contributed by atoms with van der Waals surface area (Å²) in [4.78, 5) is 0. The Kier molecular flexibility index (Phi) is 6.20. The molecule has 3 heterocycles. The zero-order valence-corrected chi connectivity index (χ0v) is 33.7. The number of benzene rings is 6. The van der Waals surface area contributed by atoms with Crippen LogP contribution in [0.2, 0.25) is 0 Å². The van der Waals surface area contributed by atoms with Gasteiger partial charge < -0.3 is 8.97 Å². The van der Waals surface area contributed by atoms with Gasteiger partial charge in [-0.3, -0.25) is 0 Å². The van der Waals surface area contributed by atoms with Gasteiger partial charge in [0.25, 0.3) is 0 Å². The van der Waals surface area contributed by atoms with Gasteiger partial charge in [-0.15, -0.1) is 0 Å². The van der Waals surface area contributed by atoms with Gasteiger partial charge in [0.1, 0.15) is 0 Å². The topological polar surface area (TPSA) is 56.9 Å². The molecule has 0 spiro atoms. The van der Waals surface area contributed by atoms with Crippen molar-refractivity contribution in [3.05, 3.63) is 130 Å². The summed E-state index contributed by atoms with van der Waals surface area (Å²) in [5.41, 5.74) is 17.3. The lowest BCUT2D eigenvalue weighted by molar-refractivity contribution is 0.166. The third kappa shape index (κ3) is 4.02. The van der Waals surface area contributed by atoms with Gasteiger partial charge in [0, 0.05) is 43.6 Å². The Morgan fingerprint density at radius 2 is 0.933 bits per heavy atom. The molecule has 8 aliphatic carbocycles. The van der Waals surface area contributed by atoms with Crippen molar-refractivity contribution in [2.24, 2.45) is 23.7 Å². The van der Waals surface area contributed by atoms with Crippen LogP contribution in [0.4, 0.5) is 0 Å². The standard InChI is InChI=1S/C56H44N4/c57-27-38-25-47-53(51-36-19-29-13-30(20-36)16-34(15-29)49(38)51)44-23-33(41-10-6-11-43-42-9-4-5-12-46(42)59(55(41)43)40-7-2-1-3-8-40)24-45-54-48(60(47)56(44)45)26-39(28-58)50-35-17-31-14-32(18-35)22-37(21-31)52(50)54/h1-12,23-26,29-32,34-37H,13-22H2. The van der Waals surface area contributed by atoms with Crippen LogP contribution in [0.25, 0.3) is 76.7 Å². The van der Waals surface area contributed by atoms with Crippen LogP contribution in [-0.4, -0.2) is 8.97 Å². The van der Waals surface area contributed by atoms with E-state index < -0.39 is 0 Å². The predicted molar refractivity (Wildman–Crippen MR) is 241 cm³/mol. The second-order valence-corrected chi connectivity index (χ2v) is 20.3. The first-order chi connectivity index (χ1) is 29.6.